The van der Waals surface area contributed by atoms with Gasteiger partial charge in [0, 0.05) is 0 Å². The highest BCUT2D eigenvalue weighted by atomic mass is 32.1. The van der Waals surface area contributed by atoms with E-state index < -0.39 is 0 Å². The Balaban J connectivity index is 1.79. The predicted molar refractivity (Wildman–Crippen MR) is 92.7 cm³/mol. The number of rotatable bonds is 4. The van der Waals surface area contributed by atoms with Crippen LogP contribution in [0.25, 0.3) is 0 Å². The van der Waals surface area contributed by atoms with Gasteiger partial charge in [-0.1, -0.05) is 42.5 Å². The average Bonchev–Trinajstić information content (AvgIpc) is 3.10. The molecule has 0 saturated carbocycles. The van der Waals surface area contributed by atoms with Crippen LogP contribution in [-0.4, -0.2) is 5.11 Å². The number of nitrogens with one attached hydrogen (secondary N) is 2. The molecule has 1 aromatic heterocycles. The van der Waals surface area contributed by atoms with Crippen LogP contribution in [0.2, 0.25) is 0 Å². The number of anilines is 1. The largest absolute Gasteiger partial charge is 0.467 e. The highest BCUT2D eigenvalue weighted by Gasteiger charge is 2.18. The molecule has 0 spiro atoms. The summed E-state index contributed by atoms with van der Waals surface area (Å²) in [5.74, 6) is 0.375. The number of furan rings is 1. The van der Waals surface area contributed by atoms with E-state index in [4.69, 9.17) is 16.6 Å². The van der Waals surface area contributed by atoms with Crippen LogP contribution in [0.3, 0.4) is 0 Å². The Kier molecular flexibility index (Phi) is 4.68. The van der Waals surface area contributed by atoms with E-state index in [1.807, 2.05) is 42.5 Å². The molecule has 0 radical (unpaired) electrons. The monoisotopic (exact) mass is 326 g/mol. The van der Waals surface area contributed by atoms with E-state index in [2.05, 4.69) is 10.6 Å². The first-order chi connectivity index (χ1) is 11.2. The van der Waals surface area contributed by atoms with Crippen molar-refractivity contribution in [2.75, 3.05) is 5.32 Å². The first-order valence-corrected chi connectivity index (χ1v) is 7.55. The van der Waals surface area contributed by atoms with Crippen LogP contribution in [0, 0.1) is 5.82 Å². The zero-order chi connectivity index (χ0) is 16.1. The molecule has 0 aliphatic rings. The van der Waals surface area contributed by atoms with Gasteiger partial charge in [-0.3, -0.25) is 0 Å². The molecule has 23 heavy (non-hydrogen) atoms. The van der Waals surface area contributed by atoms with Gasteiger partial charge in [-0.2, -0.15) is 0 Å². The van der Waals surface area contributed by atoms with Crippen molar-refractivity contribution in [3.05, 3.63) is 90.1 Å². The van der Waals surface area contributed by atoms with Gasteiger partial charge >= 0.3 is 0 Å². The summed E-state index contributed by atoms with van der Waals surface area (Å²) in [5, 5.41) is 6.37. The lowest BCUT2D eigenvalue weighted by atomic mass is 10.1. The van der Waals surface area contributed by atoms with Gasteiger partial charge in [0.15, 0.2) is 5.11 Å². The second-order valence-corrected chi connectivity index (χ2v) is 5.35. The molecule has 1 atom stereocenters. The minimum absolute atomic E-state index is 0.252. The zero-order valence-electron chi connectivity index (χ0n) is 12.2. The van der Waals surface area contributed by atoms with Gasteiger partial charge in [0.25, 0.3) is 0 Å². The van der Waals surface area contributed by atoms with Gasteiger partial charge in [-0.05, 0) is 42.0 Å². The van der Waals surface area contributed by atoms with Crippen LogP contribution in [0.5, 0.6) is 0 Å². The van der Waals surface area contributed by atoms with Crippen LogP contribution in [0.15, 0.2) is 77.4 Å². The Bertz CT molecular complexity index is 775. The van der Waals surface area contributed by atoms with Gasteiger partial charge in [0.1, 0.15) is 17.6 Å². The molecule has 3 rings (SSSR count). The van der Waals surface area contributed by atoms with E-state index in [1.54, 1.807) is 24.5 Å². The number of hydrogen-bond acceptors (Lipinski definition) is 2. The Morgan fingerprint density at radius 1 is 0.957 bits per heavy atom. The number of hydrogen-bond donors (Lipinski definition) is 2. The summed E-state index contributed by atoms with van der Waals surface area (Å²) in [5.41, 5.74) is 1.33. The third-order valence-corrected chi connectivity index (χ3v) is 3.58. The van der Waals surface area contributed by atoms with E-state index in [9.17, 15) is 4.39 Å². The van der Waals surface area contributed by atoms with E-state index >= 15 is 0 Å². The van der Waals surface area contributed by atoms with E-state index in [0.717, 1.165) is 11.3 Å². The number of benzene rings is 2. The summed E-state index contributed by atoms with van der Waals surface area (Å²) in [6.45, 7) is 0. The average molecular weight is 326 g/mol. The smallest absolute Gasteiger partial charge is 0.171 e. The van der Waals surface area contributed by atoms with Crippen molar-refractivity contribution in [3.8, 4) is 0 Å². The quantitative estimate of drug-likeness (QED) is 0.693. The van der Waals surface area contributed by atoms with Gasteiger partial charge < -0.3 is 15.1 Å². The van der Waals surface area contributed by atoms with Gasteiger partial charge in [-0.25, -0.2) is 4.39 Å². The molecule has 0 amide bonds. The lowest BCUT2D eigenvalue weighted by Gasteiger charge is -2.19. The Morgan fingerprint density at radius 2 is 1.70 bits per heavy atom. The molecule has 0 fully saturated rings. The molecule has 0 aliphatic carbocycles. The van der Waals surface area contributed by atoms with Crippen molar-refractivity contribution in [2.45, 2.75) is 6.04 Å². The van der Waals surface area contributed by atoms with Crippen LogP contribution in [0.4, 0.5) is 10.1 Å². The standard InChI is InChI=1S/C18H15FN2OS/c19-14-9-4-5-10-15(14)20-18(23)21-17(16-11-6-12-22-16)13-7-2-1-3-8-13/h1-12,17H,(H2,20,21,23)/t17-/m1/s1. The van der Waals surface area contributed by atoms with E-state index in [0.29, 0.717) is 10.8 Å². The molecule has 2 aromatic carbocycles. The Morgan fingerprint density at radius 3 is 2.39 bits per heavy atom. The fraction of sp³-hybridized carbons (Fsp3) is 0.0556. The minimum atomic E-state index is -0.356. The highest BCUT2D eigenvalue weighted by Crippen LogP contribution is 2.22. The molecule has 0 bridgehead atoms. The first-order valence-electron chi connectivity index (χ1n) is 7.14. The van der Waals surface area contributed by atoms with Crippen molar-refractivity contribution in [2.24, 2.45) is 0 Å². The summed E-state index contributed by atoms with van der Waals surface area (Å²) in [4.78, 5) is 0. The third-order valence-electron chi connectivity index (χ3n) is 3.36. The molecule has 0 saturated heterocycles. The molecule has 2 N–H and O–H groups in total. The van der Waals surface area contributed by atoms with Crippen molar-refractivity contribution in [3.63, 3.8) is 0 Å². The molecular weight excluding hydrogens is 311 g/mol. The summed E-state index contributed by atoms with van der Waals surface area (Å²) in [6.07, 6.45) is 1.61. The van der Waals surface area contributed by atoms with Crippen LogP contribution >= 0.6 is 12.2 Å². The van der Waals surface area contributed by atoms with Crippen LogP contribution in [-0.2, 0) is 0 Å². The van der Waals surface area contributed by atoms with Crippen molar-refractivity contribution >= 4 is 23.0 Å². The molecular formula is C18H15FN2OS. The molecule has 3 nitrogen and oxygen atoms in total. The lowest BCUT2D eigenvalue weighted by Crippen LogP contribution is -2.33. The zero-order valence-corrected chi connectivity index (χ0v) is 13.0. The van der Waals surface area contributed by atoms with Crippen molar-refractivity contribution < 1.29 is 8.81 Å². The first kappa shape index (κ1) is 15.2. The second kappa shape index (κ2) is 7.07. The topological polar surface area (TPSA) is 37.2 Å². The normalized spacial score (nSPS) is 11.7. The van der Waals surface area contributed by atoms with Gasteiger partial charge in [-0.15, -0.1) is 0 Å². The summed E-state index contributed by atoms with van der Waals surface area (Å²) in [7, 11) is 0. The summed E-state index contributed by atoms with van der Waals surface area (Å²) >= 11 is 5.32. The maximum Gasteiger partial charge on any atom is 0.171 e. The maximum absolute atomic E-state index is 13.7. The molecule has 3 aromatic rings. The summed E-state index contributed by atoms with van der Waals surface area (Å²) < 4.78 is 19.2. The lowest BCUT2D eigenvalue weighted by molar-refractivity contribution is 0.476. The van der Waals surface area contributed by atoms with Crippen LogP contribution < -0.4 is 10.6 Å². The molecule has 5 heteroatoms. The molecule has 116 valence electrons. The Hall–Kier alpha value is -2.66. The van der Waals surface area contributed by atoms with E-state index in [1.165, 1.54) is 6.07 Å². The molecule has 0 unspecified atom stereocenters. The minimum Gasteiger partial charge on any atom is -0.467 e. The fourth-order valence-corrected chi connectivity index (χ4v) is 2.50. The third kappa shape index (κ3) is 3.76. The van der Waals surface area contributed by atoms with E-state index in [-0.39, 0.29) is 11.9 Å². The fourth-order valence-electron chi connectivity index (χ4n) is 2.27. The van der Waals surface area contributed by atoms with Gasteiger partial charge in [0.05, 0.1) is 12.0 Å². The highest BCUT2D eigenvalue weighted by molar-refractivity contribution is 7.80. The van der Waals surface area contributed by atoms with Crippen molar-refractivity contribution in [1.29, 1.82) is 0 Å². The maximum atomic E-state index is 13.7. The molecule has 1 heterocycles. The second-order valence-electron chi connectivity index (χ2n) is 4.94. The Labute approximate surface area is 139 Å². The SMILES string of the molecule is Fc1ccccc1NC(=S)N[C@H](c1ccccc1)c1ccco1. The predicted octanol–water partition coefficient (Wildman–Crippen LogP) is 4.49. The number of halogens is 1. The van der Waals surface area contributed by atoms with Crippen LogP contribution in [0.1, 0.15) is 17.4 Å². The number of thiocarbonyl (C=S) groups is 1. The van der Waals surface area contributed by atoms with Gasteiger partial charge in [0.2, 0.25) is 0 Å². The summed E-state index contributed by atoms with van der Waals surface area (Å²) in [6, 6.07) is 19.6. The molecule has 0 aliphatic heterocycles. The van der Waals surface area contributed by atoms with Crippen molar-refractivity contribution in [1.82, 2.24) is 5.32 Å². The number of para-hydroxylation sites is 1.